The van der Waals surface area contributed by atoms with Gasteiger partial charge in [0.1, 0.15) is 6.54 Å². The number of para-hydroxylation sites is 2. The van der Waals surface area contributed by atoms with Gasteiger partial charge >= 0.3 is 0 Å². The van der Waals surface area contributed by atoms with Gasteiger partial charge in [0.2, 0.25) is 5.91 Å². The number of benzene rings is 1. The number of carbonyl (C=O) groups is 2. The van der Waals surface area contributed by atoms with E-state index in [1.807, 2.05) is 6.07 Å². The van der Waals surface area contributed by atoms with Gasteiger partial charge in [-0.05, 0) is 18.2 Å². The van der Waals surface area contributed by atoms with Crippen LogP contribution in [0.3, 0.4) is 0 Å². The summed E-state index contributed by atoms with van der Waals surface area (Å²) in [7, 11) is 0. The molecule has 2 amide bonds. The number of hydrogen-bond donors (Lipinski definition) is 1. The second-order valence-corrected chi connectivity index (χ2v) is 4.09. The first-order valence-electron chi connectivity index (χ1n) is 5.73. The van der Waals surface area contributed by atoms with E-state index >= 15 is 0 Å². The number of fused-ring (bicyclic) bond motifs is 1. The Hall–Kier alpha value is -2.76. The van der Waals surface area contributed by atoms with Crippen LogP contribution >= 0.6 is 0 Å². The van der Waals surface area contributed by atoms with E-state index in [1.165, 1.54) is 17.3 Å². The highest BCUT2D eigenvalue weighted by Crippen LogP contribution is 2.29. The second-order valence-electron chi connectivity index (χ2n) is 4.09. The largest absolute Gasteiger partial charge is 0.323 e. The molecule has 0 unspecified atom stereocenters. The van der Waals surface area contributed by atoms with Crippen molar-refractivity contribution in [2.24, 2.45) is 0 Å². The third-order valence-corrected chi connectivity index (χ3v) is 2.85. The van der Waals surface area contributed by atoms with Crippen LogP contribution in [-0.2, 0) is 4.79 Å². The van der Waals surface area contributed by atoms with E-state index in [0.717, 1.165) is 0 Å². The minimum absolute atomic E-state index is 0.00182. The van der Waals surface area contributed by atoms with E-state index in [0.29, 0.717) is 16.9 Å². The molecule has 1 N–H and O–H groups in total. The minimum atomic E-state index is -0.266. The highest BCUT2D eigenvalue weighted by molar-refractivity contribution is 6.14. The van der Waals surface area contributed by atoms with Crippen molar-refractivity contribution in [1.82, 2.24) is 10.2 Å². The normalized spacial score (nSPS) is 13.7. The van der Waals surface area contributed by atoms with Crippen molar-refractivity contribution >= 4 is 23.2 Å². The lowest BCUT2D eigenvalue weighted by molar-refractivity contribution is -0.115. The van der Waals surface area contributed by atoms with Crippen LogP contribution in [0.25, 0.3) is 0 Å². The van der Waals surface area contributed by atoms with Crippen molar-refractivity contribution in [2.75, 3.05) is 16.8 Å². The molecular weight excluding hydrogens is 244 g/mol. The fourth-order valence-corrected chi connectivity index (χ4v) is 1.99. The van der Waals surface area contributed by atoms with Crippen LogP contribution in [0.1, 0.15) is 10.4 Å². The maximum Gasteiger partial charge on any atom is 0.260 e. The molecule has 0 radical (unpaired) electrons. The summed E-state index contributed by atoms with van der Waals surface area (Å²) < 4.78 is 0. The molecule has 0 atom stereocenters. The molecule has 1 aromatic carbocycles. The Morgan fingerprint density at radius 3 is 2.84 bits per heavy atom. The number of anilines is 2. The molecule has 0 saturated carbocycles. The van der Waals surface area contributed by atoms with E-state index in [9.17, 15) is 9.59 Å². The summed E-state index contributed by atoms with van der Waals surface area (Å²) in [6.45, 7) is -0.00182. The molecule has 1 aliphatic rings. The maximum absolute atomic E-state index is 12.4. The number of rotatable bonds is 1. The van der Waals surface area contributed by atoms with Crippen LogP contribution < -0.4 is 10.2 Å². The first-order chi connectivity index (χ1) is 9.25. The van der Waals surface area contributed by atoms with Gasteiger partial charge in [-0.3, -0.25) is 14.5 Å². The van der Waals surface area contributed by atoms with Gasteiger partial charge in [-0.1, -0.05) is 12.1 Å². The topological polar surface area (TPSA) is 75.2 Å². The van der Waals surface area contributed by atoms with Crippen LogP contribution in [0.5, 0.6) is 0 Å². The monoisotopic (exact) mass is 254 g/mol. The Morgan fingerprint density at radius 2 is 2.05 bits per heavy atom. The predicted molar refractivity (Wildman–Crippen MR) is 68.8 cm³/mol. The summed E-state index contributed by atoms with van der Waals surface area (Å²) in [5.41, 5.74) is 1.72. The van der Waals surface area contributed by atoms with Crippen molar-refractivity contribution in [3.8, 4) is 0 Å². The van der Waals surface area contributed by atoms with Gasteiger partial charge in [0, 0.05) is 0 Å². The van der Waals surface area contributed by atoms with Crippen LogP contribution in [0.15, 0.2) is 42.7 Å². The lowest BCUT2D eigenvalue weighted by Gasteiger charge is -2.28. The molecule has 1 aromatic heterocycles. The molecule has 6 heteroatoms. The standard InChI is InChI=1S/C13H10N4O2/c18-12-8-17(11-4-2-1-3-10(11)16-12)13(19)9-5-6-14-15-7-9/h1-7H,8H2,(H,16,18). The molecule has 0 aliphatic carbocycles. The van der Waals surface area contributed by atoms with Crippen molar-refractivity contribution in [1.29, 1.82) is 0 Å². The van der Waals surface area contributed by atoms with E-state index in [-0.39, 0.29) is 18.4 Å². The molecule has 3 rings (SSSR count). The fraction of sp³-hybridized carbons (Fsp3) is 0.0769. The highest BCUT2D eigenvalue weighted by Gasteiger charge is 2.27. The van der Waals surface area contributed by atoms with Crippen molar-refractivity contribution in [2.45, 2.75) is 0 Å². The third-order valence-electron chi connectivity index (χ3n) is 2.85. The highest BCUT2D eigenvalue weighted by atomic mass is 16.2. The molecule has 0 spiro atoms. The van der Waals surface area contributed by atoms with Crippen LogP contribution in [-0.4, -0.2) is 28.6 Å². The van der Waals surface area contributed by atoms with E-state index < -0.39 is 0 Å². The number of nitrogens with one attached hydrogen (secondary N) is 1. The molecule has 1 aliphatic heterocycles. The number of amides is 2. The summed E-state index contributed by atoms with van der Waals surface area (Å²) in [6.07, 6.45) is 2.83. The smallest absolute Gasteiger partial charge is 0.260 e. The fourth-order valence-electron chi connectivity index (χ4n) is 1.99. The van der Waals surface area contributed by atoms with E-state index in [2.05, 4.69) is 15.5 Å². The number of hydrogen-bond acceptors (Lipinski definition) is 4. The number of aromatic nitrogens is 2. The SMILES string of the molecule is O=C1CN(C(=O)c2ccnnc2)c2ccccc2N1. The summed E-state index contributed by atoms with van der Waals surface area (Å²) >= 11 is 0. The van der Waals surface area contributed by atoms with Gasteiger partial charge < -0.3 is 5.32 Å². The molecule has 19 heavy (non-hydrogen) atoms. The predicted octanol–water partition coefficient (Wildman–Crippen LogP) is 1.08. The zero-order valence-electron chi connectivity index (χ0n) is 9.91. The molecule has 0 bridgehead atoms. The molecule has 94 valence electrons. The summed E-state index contributed by atoms with van der Waals surface area (Å²) in [5.74, 6) is -0.480. The van der Waals surface area contributed by atoms with Gasteiger partial charge in [-0.25, -0.2) is 0 Å². The zero-order chi connectivity index (χ0) is 13.2. The maximum atomic E-state index is 12.4. The average molecular weight is 254 g/mol. The zero-order valence-corrected chi connectivity index (χ0v) is 9.91. The van der Waals surface area contributed by atoms with Crippen LogP contribution in [0, 0.1) is 0 Å². The third kappa shape index (κ3) is 2.03. The van der Waals surface area contributed by atoms with E-state index in [1.54, 1.807) is 24.3 Å². The van der Waals surface area contributed by atoms with Gasteiger partial charge in [0.15, 0.2) is 0 Å². The Kier molecular flexibility index (Phi) is 2.68. The number of nitrogens with zero attached hydrogens (tertiary/aromatic N) is 3. The van der Waals surface area contributed by atoms with Gasteiger partial charge in [-0.15, -0.1) is 0 Å². The molecule has 0 saturated heterocycles. The van der Waals surface area contributed by atoms with Crippen molar-refractivity contribution < 1.29 is 9.59 Å². The molecular formula is C13H10N4O2. The van der Waals surface area contributed by atoms with Gasteiger partial charge in [0.25, 0.3) is 5.91 Å². The quantitative estimate of drug-likeness (QED) is 0.826. The van der Waals surface area contributed by atoms with E-state index in [4.69, 9.17) is 0 Å². The Bertz CT molecular complexity index is 642. The summed E-state index contributed by atoms with van der Waals surface area (Å²) in [4.78, 5) is 25.5. The molecule has 0 fully saturated rings. The Morgan fingerprint density at radius 1 is 1.21 bits per heavy atom. The van der Waals surface area contributed by atoms with Gasteiger partial charge in [0.05, 0.1) is 29.3 Å². The number of carbonyl (C=O) groups excluding carboxylic acids is 2. The molecule has 2 heterocycles. The first-order valence-corrected chi connectivity index (χ1v) is 5.73. The minimum Gasteiger partial charge on any atom is -0.323 e. The lowest BCUT2D eigenvalue weighted by atomic mass is 10.1. The van der Waals surface area contributed by atoms with Crippen LogP contribution in [0.4, 0.5) is 11.4 Å². The lowest BCUT2D eigenvalue weighted by Crippen LogP contribution is -2.42. The first kappa shape index (κ1) is 11.3. The Labute approximate surface area is 109 Å². The summed E-state index contributed by atoms with van der Waals surface area (Å²) in [5, 5.41) is 10.0. The van der Waals surface area contributed by atoms with Gasteiger partial charge in [-0.2, -0.15) is 10.2 Å². The average Bonchev–Trinajstić information content (AvgIpc) is 2.46. The summed E-state index contributed by atoms with van der Waals surface area (Å²) in [6, 6.07) is 8.76. The van der Waals surface area contributed by atoms with Crippen molar-refractivity contribution in [3.63, 3.8) is 0 Å². The van der Waals surface area contributed by atoms with Crippen molar-refractivity contribution in [3.05, 3.63) is 48.3 Å². The van der Waals surface area contributed by atoms with Crippen LogP contribution in [0.2, 0.25) is 0 Å². The second kappa shape index (κ2) is 4.49. The molecule has 6 nitrogen and oxygen atoms in total. The molecule has 2 aromatic rings. The Balaban J connectivity index is 2.02.